The average Bonchev–Trinajstić information content (AvgIpc) is 2.10. The maximum atomic E-state index is 9.54. The standard InChI is InChI=1S/C12H26O3/c1-11(7-9-15-10-14-4)6-5-8-12(2,3)13/h11,13H,5-10H2,1-4H3. The smallest absolute Gasteiger partial charge is 0.146 e. The van der Waals surface area contributed by atoms with Gasteiger partial charge in [-0.3, -0.25) is 0 Å². The van der Waals surface area contributed by atoms with E-state index in [0.717, 1.165) is 32.3 Å². The molecule has 0 spiro atoms. The Labute approximate surface area is 93.8 Å². The maximum Gasteiger partial charge on any atom is 0.146 e. The van der Waals surface area contributed by atoms with E-state index < -0.39 is 5.60 Å². The first-order chi connectivity index (χ1) is 6.95. The van der Waals surface area contributed by atoms with Crippen molar-refractivity contribution >= 4 is 0 Å². The van der Waals surface area contributed by atoms with Crippen molar-refractivity contribution in [2.45, 2.75) is 52.1 Å². The minimum atomic E-state index is -0.522. The van der Waals surface area contributed by atoms with Crippen LogP contribution in [0.5, 0.6) is 0 Å². The van der Waals surface area contributed by atoms with Crippen LogP contribution in [0.2, 0.25) is 0 Å². The molecule has 0 aromatic carbocycles. The SMILES string of the molecule is COCOCCC(C)CCCC(C)(C)O. The molecule has 3 nitrogen and oxygen atoms in total. The summed E-state index contributed by atoms with van der Waals surface area (Å²) in [5.74, 6) is 0.657. The first kappa shape index (κ1) is 14.9. The third-order valence-corrected chi connectivity index (χ3v) is 2.44. The Morgan fingerprint density at radius 1 is 1.27 bits per heavy atom. The summed E-state index contributed by atoms with van der Waals surface area (Å²) in [6.45, 7) is 7.09. The van der Waals surface area contributed by atoms with Gasteiger partial charge in [0, 0.05) is 13.7 Å². The number of aliphatic hydroxyl groups is 1. The lowest BCUT2D eigenvalue weighted by molar-refractivity contribution is -0.0343. The number of hydrogen-bond acceptors (Lipinski definition) is 3. The second kappa shape index (κ2) is 8.08. The molecular formula is C12H26O3. The summed E-state index contributed by atoms with van der Waals surface area (Å²) in [6, 6.07) is 0. The lowest BCUT2D eigenvalue weighted by Gasteiger charge is -2.18. The molecule has 0 aromatic rings. The van der Waals surface area contributed by atoms with E-state index in [1.807, 2.05) is 13.8 Å². The topological polar surface area (TPSA) is 38.7 Å². The van der Waals surface area contributed by atoms with Crippen LogP contribution in [0.3, 0.4) is 0 Å². The van der Waals surface area contributed by atoms with Crippen molar-refractivity contribution in [3.8, 4) is 0 Å². The van der Waals surface area contributed by atoms with Crippen LogP contribution in [-0.2, 0) is 9.47 Å². The Hall–Kier alpha value is -0.120. The molecule has 1 atom stereocenters. The zero-order valence-corrected chi connectivity index (χ0v) is 10.6. The molecule has 15 heavy (non-hydrogen) atoms. The van der Waals surface area contributed by atoms with Crippen molar-refractivity contribution in [1.29, 1.82) is 0 Å². The van der Waals surface area contributed by atoms with E-state index in [-0.39, 0.29) is 0 Å². The van der Waals surface area contributed by atoms with E-state index in [1.54, 1.807) is 7.11 Å². The summed E-state index contributed by atoms with van der Waals surface area (Å²) in [5, 5.41) is 9.54. The van der Waals surface area contributed by atoms with Crippen LogP contribution in [0, 0.1) is 5.92 Å². The van der Waals surface area contributed by atoms with Crippen LogP contribution in [0.4, 0.5) is 0 Å². The van der Waals surface area contributed by atoms with Gasteiger partial charge in [-0.15, -0.1) is 0 Å². The zero-order valence-electron chi connectivity index (χ0n) is 10.6. The Kier molecular flexibility index (Phi) is 8.02. The van der Waals surface area contributed by atoms with Gasteiger partial charge < -0.3 is 14.6 Å². The molecule has 0 aliphatic carbocycles. The molecule has 0 saturated carbocycles. The monoisotopic (exact) mass is 218 g/mol. The molecule has 92 valence electrons. The molecule has 0 aliphatic heterocycles. The molecule has 1 N–H and O–H groups in total. The summed E-state index contributed by atoms with van der Waals surface area (Å²) >= 11 is 0. The van der Waals surface area contributed by atoms with E-state index >= 15 is 0 Å². The second-order valence-electron chi connectivity index (χ2n) is 4.91. The van der Waals surface area contributed by atoms with Gasteiger partial charge in [0.05, 0.1) is 5.60 Å². The van der Waals surface area contributed by atoms with Gasteiger partial charge in [-0.05, 0) is 32.6 Å². The van der Waals surface area contributed by atoms with Crippen LogP contribution in [0.15, 0.2) is 0 Å². The molecule has 0 saturated heterocycles. The zero-order chi connectivity index (χ0) is 11.7. The fourth-order valence-corrected chi connectivity index (χ4v) is 1.45. The average molecular weight is 218 g/mol. The van der Waals surface area contributed by atoms with Crippen molar-refractivity contribution in [1.82, 2.24) is 0 Å². The minimum absolute atomic E-state index is 0.385. The number of rotatable bonds is 9. The molecule has 0 aromatic heterocycles. The van der Waals surface area contributed by atoms with E-state index in [4.69, 9.17) is 9.47 Å². The lowest BCUT2D eigenvalue weighted by Crippen LogP contribution is -2.18. The van der Waals surface area contributed by atoms with Gasteiger partial charge in [-0.25, -0.2) is 0 Å². The van der Waals surface area contributed by atoms with Gasteiger partial charge in [-0.2, -0.15) is 0 Å². The summed E-state index contributed by atoms with van der Waals surface area (Å²) in [6.07, 6.45) is 4.17. The van der Waals surface area contributed by atoms with Crippen LogP contribution in [0.25, 0.3) is 0 Å². The molecule has 0 rings (SSSR count). The van der Waals surface area contributed by atoms with Gasteiger partial charge in [-0.1, -0.05) is 19.8 Å². The van der Waals surface area contributed by atoms with Gasteiger partial charge in [0.2, 0.25) is 0 Å². The number of hydrogen-bond donors (Lipinski definition) is 1. The summed E-state index contributed by atoms with van der Waals surface area (Å²) in [4.78, 5) is 0. The fourth-order valence-electron chi connectivity index (χ4n) is 1.45. The summed E-state index contributed by atoms with van der Waals surface area (Å²) in [7, 11) is 1.63. The number of methoxy groups -OCH3 is 1. The minimum Gasteiger partial charge on any atom is -0.390 e. The van der Waals surface area contributed by atoms with E-state index in [1.165, 1.54) is 0 Å². The molecule has 0 bridgehead atoms. The highest BCUT2D eigenvalue weighted by atomic mass is 16.7. The fraction of sp³-hybridized carbons (Fsp3) is 1.00. The van der Waals surface area contributed by atoms with Crippen LogP contribution < -0.4 is 0 Å². The van der Waals surface area contributed by atoms with Gasteiger partial charge >= 0.3 is 0 Å². The highest BCUT2D eigenvalue weighted by Gasteiger charge is 2.12. The normalized spacial score (nSPS) is 14.2. The van der Waals surface area contributed by atoms with Crippen LogP contribution in [0.1, 0.15) is 46.5 Å². The summed E-state index contributed by atoms with van der Waals surface area (Å²) < 4.78 is 10.0. The van der Waals surface area contributed by atoms with Crippen molar-refractivity contribution in [3.05, 3.63) is 0 Å². The Bertz CT molecular complexity index is 140. The quantitative estimate of drug-likeness (QED) is 0.477. The third-order valence-electron chi connectivity index (χ3n) is 2.44. The Morgan fingerprint density at radius 2 is 1.93 bits per heavy atom. The largest absolute Gasteiger partial charge is 0.390 e. The van der Waals surface area contributed by atoms with Gasteiger partial charge in [0.25, 0.3) is 0 Å². The maximum absolute atomic E-state index is 9.54. The van der Waals surface area contributed by atoms with Crippen molar-refractivity contribution in [2.75, 3.05) is 20.5 Å². The predicted octanol–water partition coefficient (Wildman–Crippen LogP) is 2.57. The number of ether oxygens (including phenoxy) is 2. The predicted molar refractivity (Wildman–Crippen MR) is 61.8 cm³/mol. The first-order valence-electron chi connectivity index (χ1n) is 5.75. The molecule has 0 radical (unpaired) electrons. The third kappa shape index (κ3) is 11.8. The second-order valence-corrected chi connectivity index (χ2v) is 4.91. The van der Waals surface area contributed by atoms with Crippen molar-refractivity contribution in [2.24, 2.45) is 5.92 Å². The van der Waals surface area contributed by atoms with Gasteiger partial charge in [0.1, 0.15) is 6.79 Å². The summed E-state index contributed by atoms with van der Waals surface area (Å²) in [5.41, 5.74) is -0.522. The Balaban J connectivity index is 3.29. The van der Waals surface area contributed by atoms with Crippen LogP contribution in [-0.4, -0.2) is 31.2 Å². The van der Waals surface area contributed by atoms with Crippen molar-refractivity contribution < 1.29 is 14.6 Å². The van der Waals surface area contributed by atoms with Crippen molar-refractivity contribution in [3.63, 3.8) is 0 Å². The molecular weight excluding hydrogens is 192 g/mol. The van der Waals surface area contributed by atoms with E-state index in [9.17, 15) is 5.11 Å². The van der Waals surface area contributed by atoms with Crippen LogP contribution >= 0.6 is 0 Å². The Morgan fingerprint density at radius 3 is 2.47 bits per heavy atom. The van der Waals surface area contributed by atoms with Gasteiger partial charge in [0.15, 0.2) is 0 Å². The van der Waals surface area contributed by atoms with E-state index in [2.05, 4.69) is 6.92 Å². The molecule has 1 unspecified atom stereocenters. The molecule has 0 aliphatic rings. The molecule has 3 heteroatoms. The molecule has 0 fully saturated rings. The van der Waals surface area contributed by atoms with E-state index in [0.29, 0.717) is 12.7 Å². The molecule has 0 heterocycles. The lowest BCUT2D eigenvalue weighted by atomic mass is 9.95. The first-order valence-corrected chi connectivity index (χ1v) is 5.75. The molecule has 0 amide bonds. The highest BCUT2D eigenvalue weighted by molar-refractivity contribution is 4.65. The highest BCUT2D eigenvalue weighted by Crippen LogP contribution is 2.17.